The number of aryl methyl sites for hydroxylation is 2. The van der Waals surface area contributed by atoms with E-state index in [4.69, 9.17) is 0 Å². The van der Waals surface area contributed by atoms with E-state index in [9.17, 15) is 14.7 Å². The average molecular weight is 280 g/mol. The van der Waals surface area contributed by atoms with Crippen LogP contribution >= 0.6 is 0 Å². The van der Waals surface area contributed by atoms with Crippen LogP contribution in [0, 0.1) is 19.8 Å². The molecule has 4 N–H and O–H groups in total. The first-order valence-electron chi connectivity index (χ1n) is 6.81. The molecule has 1 aliphatic rings. The molecule has 1 fully saturated rings. The summed E-state index contributed by atoms with van der Waals surface area (Å²) in [6.07, 6.45) is 3.16. The molecule has 2 unspecified atom stereocenters. The van der Waals surface area contributed by atoms with Crippen molar-refractivity contribution in [3.63, 3.8) is 0 Å². The van der Waals surface area contributed by atoms with Gasteiger partial charge in [0.25, 0.3) is 0 Å². The maximum Gasteiger partial charge on any atom is 0.319 e. The zero-order valence-corrected chi connectivity index (χ0v) is 11.7. The number of aromatic amines is 1. The minimum absolute atomic E-state index is 0.311. The van der Waals surface area contributed by atoms with Crippen LogP contribution < -0.4 is 10.6 Å². The number of hydrogen-bond donors (Lipinski definition) is 4. The number of carboxylic acid groups (broad SMARTS) is 1. The van der Waals surface area contributed by atoms with Gasteiger partial charge in [0, 0.05) is 6.04 Å². The molecule has 110 valence electrons. The quantitative estimate of drug-likeness (QED) is 0.677. The Kier molecular flexibility index (Phi) is 4.26. The maximum absolute atomic E-state index is 12.0. The third-order valence-electron chi connectivity index (χ3n) is 3.77. The van der Waals surface area contributed by atoms with Crippen molar-refractivity contribution in [3.8, 4) is 0 Å². The number of carbonyl (C=O) groups is 2. The first kappa shape index (κ1) is 14.4. The number of urea groups is 1. The Morgan fingerprint density at radius 1 is 1.30 bits per heavy atom. The van der Waals surface area contributed by atoms with Crippen molar-refractivity contribution >= 4 is 17.7 Å². The number of aromatic nitrogens is 2. The minimum Gasteiger partial charge on any atom is -0.481 e. The second kappa shape index (κ2) is 5.94. The van der Waals surface area contributed by atoms with Crippen LogP contribution in [0.25, 0.3) is 0 Å². The lowest BCUT2D eigenvalue weighted by Crippen LogP contribution is -2.46. The van der Waals surface area contributed by atoms with Crippen molar-refractivity contribution in [2.24, 2.45) is 5.92 Å². The molecule has 1 saturated carbocycles. The van der Waals surface area contributed by atoms with E-state index >= 15 is 0 Å². The van der Waals surface area contributed by atoms with Crippen molar-refractivity contribution in [2.75, 3.05) is 5.32 Å². The summed E-state index contributed by atoms with van der Waals surface area (Å²) in [5, 5.41) is 21.5. The molecule has 7 nitrogen and oxygen atoms in total. The highest BCUT2D eigenvalue weighted by molar-refractivity contribution is 5.91. The molecule has 2 atom stereocenters. The summed E-state index contributed by atoms with van der Waals surface area (Å²) in [6.45, 7) is 3.61. The molecule has 0 bridgehead atoms. The lowest BCUT2D eigenvalue weighted by molar-refractivity contribution is -0.143. The highest BCUT2D eigenvalue weighted by Crippen LogP contribution is 2.25. The number of hydrogen-bond acceptors (Lipinski definition) is 3. The molecule has 7 heteroatoms. The maximum atomic E-state index is 12.0. The summed E-state index contributed by atoms with van der Waals surface area (Å²) in [5.74, 6) is -1.34. The van der Waals surface area contributed by atoms with Gasteiger partial charge in [-0.25, -0.2) is 4.79 Å². The monoisotopic (exact) mass is 280 g/mol. The third kappa shape index (κ3) is 3.09. The summed E-state index contributed by atoms with van der Waals surface area (Å²) in [7, 11) is 0. The Balaban J connectivity index is 1.98. The molecule has 1 aromatic heterocycles. The molecule has 1 aliphatic carbocycles. The Hall–Kier alpha value is -2.05. The number of carbonyl (C=O) groups excluding carboxylic acids is 1. The molecule has 0 saturated heterocycles. The van der Waals surface area contributed by atoms with Gasteiger partial charge in [-0.15, -0.1) is 0 Å². The number of amides is 2. The van der Waals surface area contributed by atoms with Gasteiger partial charge in [0.05, 0.1) is 23.0 Å². The van der Waals surface area contributed by atoms with Crippen molar-refractivity contribution in [3.05, 3.63) is 11.4 Å². The van der Waals surface area contributed by atoms with Crippen LogP contribution in [0.2, 0.25) is 0 Å². The first-order valence-corrected chi connectivity index (χ1v) is 6.81. The van der Waals surface area contributed by atoms with Gasteiger partial charge in [0.15, 0.2) is 0 Å². The summed E-state index contributed by atoms with van der Waals surface area (Å²) in [6, 6.07) is -0.690. The number of nitrogens with zero attached hydrogens (tertiary/aromatic N) is 1. The molecule has 1 heterocycles. The normalized spacial score (nSPS) is 22.3. The van der Waals surface area contributed by atoms with Crippen LogP contribution in [0.3, 0.4) is 0 Å². The topological polar surface area (TPSA) is 107 Å². The molecule has 0 aliphatic heterocycles. The molecule has 20 heavy (non-hydrogen) atoms. The molecule has 2 amide bonds. The fourth-order valence-corrected chi connectivity index (χ4v) is 2.65. The van der Waals surface area contributed by atoms with Crippen molar-refractivity contribution in [1.29, 1.82) is 0 Å². The van der Waals surface area contributed by atoms with Crippen molar-refractivity contribution in [2.45, 2.75) is 45.6 Å². The smallest absolute Gasteiger partial charge is 0.319 e. The molecule has 1 aromatic rings. The molecule has 2 rings (SSSR count). The summed E-state index contributed by atoms with van der Waals surface area (Å²) in [5.41, 5.74) is 2.12. The van der Waals surface area contributed by atoms with E-state index in [1.54, 1.807) is 6.92 Å². The van der Waals surface area contributed by atoms with Crippen LogP contribution in [0.1, 0.15) is 37.1 Å². The van der Waals surface area contributed by atoms with Gasteiger partial charge in [-0.1, -0.05) is 12.8 Å². The SMILES string of the molecule is Cc1n[nH]c(C)c1NC(=O)NC1CCCCC1C(=O)O. The lowest BCUT2D eigenvalue weighted by Gasteiger charge is -2.29. The number of rotatable bonds is 3. The van der Waals surface area contributed by atoms with E-state index in [2.05, 4.69) is 20.8 Å². The Morgan fingerprint density at radius 3 is 2.60 bits per heavy atom. The van der Waals surface area contributed by atoms with Gasteiger partial charge in [-0.2, -0.15) is 5.10 Å². The summed E-state index contributed by atoms with van der Waals surface area (Å²) >= 11 is 0. The highest BCUT2D eigenvalue weighted by Gasteiger charge is 2.31. The van der Waals surface area contributed by atoms with E-state index in [0.29, 0.717) is 24.2 Å². The molecular formula is C13H20N4O3. The molecule has 0 aromatic carbocycles. The highest BCUT2D eigenvalue weighted by atomic mass is 16.4. The molecule has 0 spiro atoms. The molecule has 0 radical (unpaired) electrons. The van der Waals surface area contributed by atoms with Crippen molar-refractivity contribution in [1.82, 2.24) is 15.5 Å². The minimum atomic E-state index is -0.842. The predicted molar refractivity (Wildman–Crippen MR) is 73.6 cm³/mol. The Labute approximate surface area is 117 Å². The first-order chi connectivity index (χ1) is 9.49. The standard InChI is InChI=1S/C13H20N4O3/c1-7-11(8(2)17-16-7)15-13(20)14-10-6-4-3-5-9(10)12(18)19/h9-10H,3-6H2,1-2H3,(H,16,17)(H,18,19)(H2,14,15,20). The number of nitrogens with one attached hydrogen (secondary N) is 3. The van der Waals surface area contributed by atoms with Gasteiger partial charge < -0.3 is 15.7 Å². The average Bonchev–Trinajstić information content (AvgIpc) is 2.71. The Bertz CT molecular complexity index is 492. The second-order valence-electron chi connectivity index (χ2n) is 5.24. The second-order valence-corrected chi connectivity index (χ2v) is 5.24. The fourth-order valence-electron chi connectivity index (χ4n) is 2.65. The van der Waals surface area contributed by atoms with Gasteiger partial charge >= 0.3 is 12.0 Å². The fraction of sp³-hybridized carbons (Fsp3) is 0.615. The van der Waals surface area contributed by atoms with Crippen LogP contribution in [-0.4, -0.2) is 33.3 Å². The third-order valence-corrected chi connectivity index (χ3v) is 3.77. The van der Waals surface area contributed by atoms with Gasteiger partial charge in [0.1, 0.15) is 0 Å². The zero-order valence-electron chi connectivity index (χ0n) is 11.7. The van der Waals surface area contributed by atoms with E-state index in [1.165, 1.54) is 0 Å². The lowest BCUT2D eigenvalue weighted by atomic mass is 9.84. The predicted octanol–water partition coefficient (Wildman–Crippen LogP) is 1.79. The van der Waals surface area contributed by atoms with Crippen molar-refractivity contribution < 1.29 is 14.7 Å². The summed E-state index contributed by atoms with van der Waals surface area (Å²) in [4.78, 5) is 23.2. The van der Waals surface area contributed by atoms with Crippen LogP contribution in [-0.2, 0) is 4.79 Å². The van der Waals surface area contributed by atoms with Gasteiger partial charge in [0.2, 0.25) is 0 Å². The number of aliphatic carboxylic acids is 1. The molecular weight excluding hydrogens is 260 g/mol. The zero-order chi connectivity index (χ0) is 14.7. The Morgan fingerprint density at radius 2 is 2.00 bits per heavy atom. The largest absolute Gasteiger partial charge is 0.481 e. The van der Waals surface area contributed by atoms with E-state index < -0.39 is 11.9 Å². The van der Waals surface area contributed by atoms with Crippen LogP contribution in [0.5, 0.6) is 0 Å². The summed E-state index contributed by atoms with van der Waals surface area (Å²) < 4.78 is 0. The van der Waals surface area contributed by atoms with Crippen LogP contribution in [0.15, 0.2) is 0 Å². The van der Waals surface area contributed by atoms with Crippen LogP contribution in [0.4, 0.5) is 10.5 Å². The van der Waals surface area contributed by atoms with E-state index in [1.807, 2.05) is 6.92 Å². The van der Waals surface area contributed by atoms with Gasteiger partial charge in [-0.3, -0.25) is 9.89 Å². The number of carboxylic acids is 1. The van der Waals surface area contributed by atoms with E-state index in [-0.39, 0.29) is 12.1 Å². The van der Waals surface area contributed by atoms with Gasteiger partial charge in [-0.05, 0) is 26.7 Å². The number of H-pyrrole nitrogens is 1. The number of anilines is 1. The van der Waals surface area contributed by atoms with E-state index in [0.717, 1.165) is 18.5 Å².